The third-order valence-electron chi connectivity index (χ3n) is 0.566. The Hall–Kier alpha value is 0.733. The zero-order valence-corrected chi connectivity index (χ0v) is 10.9. The summed E-state index contributed by atoms with van der Waals surface area (Å²) in [6.07, 6.45) is 3.50. The maximum Gasteiger partial charge on any atom is 2.00 e. The van der Waals surface area contributed by atoms with Crippen molar-refractivity contribution >= 4 is 0 Å². The summed E-state index contributed by atoms with van der Waals surface area (Å²) in [5, 5.41) is 0. The Balaban J connectivity index is -0.000000120. The van der Waals surface area contributed by atoms with Gasteiger partial charge in [-0.15, -0.1) is 0 Å². The van der Waals surface area contributed by atoms with E-state index in [1.807, 2.05) is 18.2 Å². The van der Waals surface area contributed by atoms with E-state index in [2.05, 4.69) is 4.98 Å². The van der Waals surface area contributed by atoms with Crippen molar-refractivity contribution < 1.29 is 53.4 Å². The second-order valence-electron chi connectivity index (χ2n) is 1.02. The molecule has 0 aliphatic heterocycles. The van der Waals surface area contributed by atoms with Crippen LogP contribution in [0.5, 0.6) is 0 Å². The number of halogens is 2. The van der Waals surface area contributed by atoms with Crippen LogP contribution in [0.2, 0.25) is 0 Å². The van der Waals surface area contributed by atoms with Crippen molar-refractivity contribution in [2.45, 2.75) is 0 Å². The maximum atomic E-state index is 3.78. The first kappa shape index (κ1) is 16.4. The minimum atomic E-state index is 0. The molecule has 0 unspecified atom stereocenters. The second kappa shape index (κ2) is 11.5. The predicted molar refractivity (Wildman–Crippen MR) is 24.2 cm³/mol. The molecular formula is C5H5Br2NZn. The summed E-state index contributed by atoms with van der Waals surface area (Å²) in [6.45, 7) is 0. The molecule has 1 rings (SSSR count). The largest absolute Gasteiger partial charge is 2.00 e. The van der Waals surface area contributed by atoms with Gasteiger partial charge in [-0.2, -0.15) is 0 Å². The van der Waals surface area contributed by atoms with Crippen molar-refractivity contribution in [3.05, 3.63) is 30.6 Å². The van der Waals surface area contributed by atoms with Gasteiger partial charge in [-0.3, -0.25) is 4.98 Å². The van der Waals surface area contributed by atoms with Crippen LogP contribution in [0.15, 0.2) is 30.6 Å². The van der Waals surface area contributed by atoms with Crippen molar-refractivity contribution in [1.29, 1.82) is 0 Å². The fourth-order valence-corrected chi connectivity index (χ4v) is 0.313. The monoisotopic (exact) mass is 301 g/mol. The van der Waals surface area contributed by atoms with Gasteiger partial charge < -0.3 is 34.0 Å². The van der Waals surface area contributed by atoms with Crippen LogP contribution in [0, 0.1) is 0 Å². The maximum absolute atomic E-state index is 3.78. The van der Waals surface area contributed by atoms with Crippen molar-refractivity contribution in [1.82, 2.24) is 4.98 Å². The first-order valence-corrected chi connectivity index (χ1v) is 1.85. The predicted octanol–water partition coefficient (Wildman–Crippen LogP) is -4.91. The van der Waals surface area contributed by atoms with E-state index >= 15 is 0 Å². The summed E-state index contributed by atoms with van der Waals surface area (Å²) < 4.78 is 0. The number of pyridine rings is 1. The van der Waals surface area contributed by atoms with Gasteiger partial charge in [0.15, 0.2) is 0 Å². The first-order valence-electron chi connectivity index (χ1n) is 1.85. The molecule has 0 atom stereocenters. The molecule has 0 aliphatic carbocycles. The minimum Gasteiger partial charge on any atom is -1.00 e. The van der Waals surface area contributed by atoms with Crippen LogP contribution in [-0.2, 0) is 19.5 Å². The van der Waals surface area contributed by atoms with Gasteiger partial charge in [-0.25, -0.2) is 0 Å². The number of aromatic nitrogens is 1. The molecule has 1 nitrogen and oxygen atoms in total. The van der Waals surface area contributed by atoms with Gasteiger partial charge in [0.05, 0.1) is 0 Å². The Morgan fingerprint density at radius 1 is 0.778 bits per heavy atom. The van der Waals surface area contributed by atoms with Crippen LogP contribution in [0.3, 0.4) is 0 Å². The minimum absolute atomic E-state index is 0. The molecule has 1 aromatic heterocycles. The molecule has 0 spiro atoms. The van der Waals surface area contributed by atoms with E-state index in [-0.39, 0.29) is 53.4 Å². The van der Waals surface area contributed by atoms with E-state index in [1.165, 1.54) is 0 Å². The SMILES string of the molecule is [Br-].[Br-].[Zn+2].c1ccncc1. The molecule has 1 heterocycles. The molecule has 0 saturated heterocycles. The average Bonchev–Trinajstić information content (AvgIpc) is 1.72. The van der Waals surface area contributed by atoms with Crippen molar-refractivity contribution in [3.63, 3.8) is 0 Å². The Kier molecular flexibility index (Phi) is 21.0. The fourth-order valence-electron chi connectivity index (χ4n) is 0.313. The van der Waals surface area contributed by atoms with E-state index in [0.29, 0.717) is 0 Å². The topological polar surface area (TPSA) is 12.9 Å². The molecule has 1 aromatic rings. The summed E-state index contributed by atoms with van der Waals surface area (Å²) in [5.41, 5.74) is 0. The van der Waals surface area contributed by atoms with Gasteiger partial charge in [0, 0.05) is 12.4 Å². The Bertz CT molecular complexity index is 86.9. The van der Waals surface area contributed by atoms with Crippen LogP contribution in [0.1, 0.15) is 0 Å². The standard InChI is InChI=1S/C5H5N.2BrH.Zn/c1-2-4-6-5-3-1;;;/h1-5H;2*1H;/q;;;+2/p-2. The van der Waals surface area contributed by atoms with E-state index in [4.69, 9.17) is 0 Å². The molecule has 46 valence electrons. The Morgan fingerprint density at radius 2 is 1.22 bits per heavy atom. The van der Waals surface area contributed by atoms with Gasteiger partial charge in [0.25, 0.3) is 0 Å². The summed E-state index contributed by atoms with van der Waals surface area (Å²) in [7, 11) is 0. The molecule has 0 N–H and O–H groups in total. The molecule has 0 bridgehead atoms. The van der Waals surface area contributed by atoms with Gasteiger partial charge in [-0.05, 0) is 12.1 Å². The van der Waals surface area contributed by atoms with Crippen LogP contribution >= 0.6 is 0 Å². The van der Waals surface area contributed by atoms with Crippen LogP contribution in [0.4, 0.5) is 0 Å². The summed E-state index contributed by atoms with van der Waals surface area (Å²) in [4.78, 5) is 3.78. The average molecular weight is 304 g/mol. The summed E-state index contributed by atoms with van der Waals surface area (Å²) in [5.74, 6) is 0. The summed E-state index contributed by atoms with van der Waals surface area (Å²) in [6, 6.07) is 5.72. The number of rotatable bonds is 0. The van der Waals surface area contributed by atoms with Gasteiger partial charge in [0.2, 0.25) is 0 Å². The molecule has 0 saturated carbocycles. The number of hydrogen-bond donors (Lipinski definition) is 0. The van der Waals surface area contributed by atoms with Gasteiger partial charge >= 0.3 is 19.5 Å². The first-order chi connectivity index (χ1) is 3.00. The zero-order chi connectivity index (χ0) is 4.24. The zero-order valence-electron chi connectivity index (χ0n) is 4.80. The van der Waals surface area contributed by atoms with Crippen molar-refractivity contribution in [2.75, 3.05) is 0 Å². The van der Waals surface area contributed by atoms with E-state index in [9.17, 15) is 0 Å². The quantitative estimate of drug-likeness (QED) is 0.438. The molecule has 0 aromatic carbocycles. The van der Waals surface area contributed by atoms with Gasteiger partial charge in [0.1, 0.15) is 0 Å². The summed E-state index contributed by atoms with van der Waals surface area (Å²) >= 11 is 0. The van der Waals surface area contributed by atoms with Crippen LogP contribution in [0.25, 0.3) is 0 Å². The molecule has 0 fully saturated rings. The Labute approximate surface area is 88.6 Å². The van der Waals surface area contributed by atoms with E-state index in [1.54, 1.807) is 12.4 Å². The third-order valence-corrected chi connectivity index (χ3v) is 0.566. The number of nitrogens with zero attached hydrogens (tertiary/aromatic N) is 1. The molecule has 9 heavy (non-hydrogen) atoms. The van der Waals surface area contributed by atoms with Crippen molar-refractivity contribution in [2.24, 2.45) is 0 Å². The molecular weight excluding hydrogens is 299 g/mol. The fraction of sp³-hybridized carbons (Fsp3) is 0. The van der Waals surface area contributed by atoms with Gasteiger partial charge in [-0.1, -0.05) is 6.07 Å². The Morgan fingerprint density at radius 3 is 1.33 bits per heavy atom. The van der Waals surface area contributed by atoms with Crippen LogP contribution in [-0.4, -0.2) is 4.98 Å². The molecule has 0 aliphatic rings. The normalized spacial score (nSPS) is 5.33. The van der Waals surface area contributed by atoms with Crippen LogP contribution < -0.4 is 34.0 Å². The van der Waals surface area contributed by atoms with E-state index < -0.39 is 0 Å². The molecule has 0 radical (unpaired) electrons. The third kappa shape index (κ3) is 8.73. The molecule has 0 amide bonds. The van der Waals surface area contributed by atoms with E-state index in [0.717, 1.165) is 0 Å². The molecule has 4 heteroatoms. The second-order valence-corrected chi connectivity index (χ2v) is 1.02. The smallest absolute Gasteiger partial charge is 1.00 e. The van der Waals surface area contributed by atoms with Crippen molar-refractivity contribution in [3.8, 4) is 0 Å². The number of hydrogen-bond acceptors (Lipinski definition) is 1.